The molecule has 1 saturated heterocycles. The lowest BCUT2D eigenvalue weighted by molar-refractivity contribution is -0.131. The number of nitrogens with zero attached hydrogens (tertiary/aromatic N) is 7. The van der Waals surface area contributed by atoms with E-state index in [9.17, 15) is 14.4 Å². The van der Waals surface area contributed by atoms with Gasteiger partial charge in [-0.05, 0) is 57.8 Å². The highest BCUT2D eigenvalue weighted by molar-refractivity contribution is 6.36. The molecule has 1 aliphatic carbocycles. The van der Waals surface area contributed by atoms with Gasteiger partial charge in [-0.3, -0.25) is 4.79 Å². The third kappa shape index (κ3) is 6.16. The van der Waals surface area contributed by atoms with Crippen molar-refractivity contribution in [1.82, 2.24) is 19.8 Å². The van der Waals surface area contributed by atoms with E-state index in [4.69, 9.17) is 26.3 Å². The average Bonchev–Trinajstić information content (AvgIpc) is 3.80. The first kappa shape index (κ1) is 31.1. The Morgan fingerprint density at radius 2 is 1.96 bits per heavy atom. The largest absolute Gasteiger partial charge is 0.460 e. The second-order valence-corrected chi connectivity index (χ2v) is 13.2. The molecule has 3 aliphatic rings. The summed E-state index contributed by atoms with van der Waals surface area (Å²) >= 11 is 6.71. The SMILES string of the molecule is C=C(F)C(=O)N1CCN(c2nc(OC(C)C3(CN(C)C)CC3)nc3c2CCN(c2cccc4cccc(Cl)c24)C3)C[C@@H]1CC#N. The van der Waals surface area contributed by atoms with Gasteiger partial charge in [0, 0.05) is 54.8 Å². The summed E-state index contributed by atoms with van der Waals surface area (Å²) < 4.78 is 20.4. The van der Waals surface area contributed by atoms with Crippen molar-refractivity contribution >= 4 is 39.8 Å². The maximum Gasteiger partial charge on any atom is 0.318 e. The molecule has 0 N–H and O–H groups in total. The van der Waals surface area contributed by atoms with Crippen molar-refractivity contribution in [2.75, 3.05) is 56.6 Å². The van der Waals surface area contributed by atoms with Gasteiger partial charge < -0.3 is 24.3 Å². The molecule has 0 bridgehead atoms. The summed E-state index contributed by atoms with van der Waals surface area (Å²) in [5.74, 6) is -1.03. The van der Waals surface area contributed by atoms with E-state index in [-0.39, 0.29) is 24.5 Å². The van der Waals surface area contributed by atoms with Gasteiger partial charge in [0.25, 0.3) is 5.91 Å². The van der Waals surface area contributed by atoms with Crippen molar-refractivity contribution < 1.29 is 13.9 Å². The van der Waals surface area contributed by atoms with E-state index in [1.54, 1.807) is 0 Å². The molecule has 2 aliphatic heterocycles. The van der Waals surface area contributed by atoms with Crippen molar-refractivity contribution in [2.24, 2.45) is 5.41 Å². The van der Waals surface area contributed by atoms with E-state index in [1.807, 2.05) is 18.2 Å². The van der Waals surface area contributed by atoms with Crippen molar-refractivity contribution in [3.05, 3.63) is 65.1 Å². The lowest BCUT2D eigenvalue weighted by Gasteiger charge is -2.42. The summed E-state index contributed by atoms with van der Waals surface area (Å²) in [5, 5.41) is 12.3. The number of fused-ring (bicyclic) bond motifs is 2. The number of hydrogen-bond acceptors (Lipinski definition) is 8. The van der Waals surface area contributed by atoms with Crippen LogP contribution in [0.2, 0.25) is 5.02 Å². The number of rotatable bonds is 9. The van der Waals surface area contributed by atoms with Gasteiger partial charge in [-0.15, -0.1) is 0 Å². The fraction of sp³-hybridized carbons (Fsp3) is 0.471. The quantitative estimate of drug-likeness (QED) is 0.291. The summed E-state index contributed by atoms with van der Waals surface area (Å²) in [4.78, 5) is 30.6. The van der Waals surface area contributed by atoms with Crippen LogP contribution < -0.4 is 14.5 Å². The number of carbonyl (C=O) groups is 1. The number of amides is 1. The summed E-state index contributed by atoms with van der Waals surface area (Å²) in [7, 11) is 4.16. The molecule has 2 atom stereocenters. The number of piperazine rings is 1. The van der Waals surface area contributed by atoms with Crippen LogP contribution in [0.15, 0.2) is 48.8 Å². The maximum absolute atomic E-state index is 13.9. The molecule has 9 nitrogen and oxygen atoms in total. The Bertz CT molecular complexity index is 1660. The van der Waals surface area contributed by atoms with E-state index in [1.165, 1.54) is 4.90 Å². The zero-order chi connectivity index (χ0) is 31.9. The van der Waals surface area contributed by atoms with Crippen molar-refractivity contribution in [3.63, 3.8) is 0 Å². The second kappa shape index (κ2) is 12.5. The van der Waals surface area contributed by atoms with Crippen LogP contribution in [0.4, 0.5) is 15.9 Å². The molecule has 236 valence electrons. The van der Waals surface area contributed by atoms with Crippen LogP contribution >= 0.6 is 11.6 Å². The Kier molecular flexibility index (Phi) is 8.59. The average molecular weight is 632 g/mol. The standard InChI is InChI=1S/C34H39ClFN7O2/c1-22(36)32(44)43-18-17-42(19-25(43)11-15-37)31-26-12-16-41(29-10-6-8-24-7-5-9-27(35)30(24)29)20-28(26)38-33(39-31)45-23(2)34(13-14-34)21-40(3)4/h5-10,23,25H,1,11-14,16-21H2,2-4H3/t23?,25-/m0/s1. The number of halogens is 2. The number of hydrogen-bond donors (Lipinski definition) is 0. The highest BCUT2D eigenvalue weighted by Crippen LogP contribution is 2.50. The number of benzene rings is 2. The second-order valence-electron chi connectivity index (χ2n) is 12.8. The molecular formula is C34H39ClFN7O2. The van der Waals surface area contributed by atoms with E-state index >= 15 is 0 Å². The Hall–Kier alpha value is -3.94. The van der Waals surface area contributed by atoms with E-state index < -0.39 is 17.8 Å². The first-order chi connectivity index (χ1) is 21.6. The lowest BCUT2D eigenvalue weighted by Crippen LogP contribution is -2.55. The minimum absolute atomic E-state index is 0.0628. The number of ether oxygens (including phenoxy) is 1. The molecule has 1 saturated carbocycles. The van der Waals surface area contributed by atoms with Crippen LogP contribution in [-0.4, -0.2) is 84.6 Å². The van der Waals surface area contributed by atoms with Gasteiger partial charge in [0.2, 0.25) is 0 Å². The maximum atomic E-state index is 13.9. The first-order valence-electron chi connectivity index (χ1n) is 15.5. The third-order valence-corrected chi connectivity index (χ3v) is 9.78. The van der Waals surface area contributed by atoms with Crippen LogP contribution in [0, 0.1) is 16.7 Å². The monoisotopic (exact) mass is 631 g/mol. The first-order valence-corrected chi connectivity index (χ1v) is 15.9. The summed E-state index contributed by atoms with van der Waals surface area (Å²) in [6, 6.07) is 14.2. The highest BCUT2D eigenvalue weighted by Gasteiger charge is 2.49. The summed E-state index contributed by atoms with van der Waals surface area (Å²) in [6.45, 7) is 8.53. The normalized spacial score (nSPS) is 19.7. The molecule has 11 heteroatoms. The Morgan fingerprint density at radius 1 is 1.20 bits per heavy atom. The summed E-state index contributed by atoms with van der Waals surface area (Å²) in [5.41, 5.74) is 3.02. The molecule has 6 rings (SSSR count). The van der Waals surface area contributed by atoms with Gasteiger partial charge in [-0.2, -0.15) is 15.2 Å². The van der Waals surface area contributed by atoms with E-state index in [0.29, 0.717) is 37.1 Å². The van der Waals surface area contributed by atoms with Gasteiger partial charge in [0.15, 0.2) is 5.83 Å². The molecule has 3 aromatic rings. The minimum Gasteiger partial charge on any atom is -0.460 e. The molecule has 45 heavy (non-hydrogen) atoms. The fourth-order valence-electron chi connectivity index (χ4n) is 6.97. The molecule has 1 amide bonds. The zero-order valence-electron chi connectivity index (χ0n) is 26.1. The van der Waals surface area contributed by atoms with Gasteiger partial charge in [0.05, 0.1) is 35.8 Å². The third-order valence-electron chi connectivity index (χ3n) is 9.47. The summed E-state index contributed by atoms with van der Waals surface area (Å²) in [6.07, 6.45) is 2.86. The van der Waals surface area contributed by atoms with Crippen LogP contribution in [0.5, 0.6) is 6.01 Å². The topological polar surface area (TPSA) is 88.8 Å². The number of carbonyl (C=O) groups excluding carboxylic acids is 1. The van der Waals surface area contributed by atoms with Gasteiger partial charge >= 0.3 is 6.01 Å². The van der Waals surface area contributed by atoms with Gasteiger partial charge in [-0.1, -0.05) is 42.4 Å². The molecule has 0 radical (unpaired) electrons. The molecule has 1 aromatic heterocycles. The van der Waals surface area contributed by atoms with E-state index in [2.05, 4.69) is 66.6 Å². The fourth-order valence-corrected chi connectivity index (χ4v) is 7.24. The lowest BCUT2D eigenvalue weighted by atomic mass is 10.00. The highest BCUT2D eigenvalue weighted by atomic mass is 35.5. The molecule has 2 fully saturated rings. The van der Waals surface area contributed by atoms with E-state index in [0.717, 1.165) is 59.5 Å². The van der Waals surface area contributed by atoms with Crippen LogP contribution in [0.3, 0.4) is 0 Å². The molecule has 3 heterocycles. The van der Waals surface area contributed by atoms with Gasteiger partial charge in [0.1, 0.15) is 11.9 Å². The Morgan fingerprint density at radius 3 is 2.64 bits per heavy atom. The molecular weight excluding hydrogens is 593 g/mol. The number of aromatic nitrogens is 2. The molecule has 2 aromatic carbocycles. The smallest absolute Gasteiger partial charge is 0.318 e. The van der Waals surface area contributed by atoms with Crippen molar-refractivity contribution in [2.45, 2.75) is 51.3 Å². The number of nitriles is 1. The van der Waals surface area contributed by atoms with Crippen molar-refractivity contribution in [3.8, 4) is 12.1 Å². The van der Waals surface area contributed by atoms with Crippen LogP contribution in [0.25, 0.3) is 10.8 Å². The predicted molar refractivity (Wildman–Crippen MR) is 174 cm³/mol. The van der Waals surface area contributed by atoms with Gasteiger partial charge in [-0.25, -0.2) is 4.39 Å². The van der Waals surface area contributed by atoms with Crippen LogP contribution in [0.1, 0.15) is 37.4 Å². The minimum atomic E-state index is -1.02. The Labute approximate surface area is 268 Å². The molecule has 0 spiro atoms. The predicted octanol–water partition coefficient (Wildman–Crippen LogP) is 5.37. The molecule has 1 unspecified atom stereocenters. The Balaban J connectivity index is 1.36. The zero-order valence-corrected chi connectivity index (χ0v) is 26.9. The van der Waals surface area contributed by atoms with Crippen molar-refractivity contribution in [1.29, 1.82) is 5.26 Å². The number of anilines is 2. The van der Waals surface area contributed by atoms with Crippen LogP contribution in [-0.2, 0) is 17.8 Å².